The van der Waals surface area contributed by atoms with Crippen LogP contribution < -0.4 is 0 Å². The minimum atomic E-state index is -0.266. The van der Waals surface area contributed by atoms with Crippen LogP contribution in [-0.2, 0) is 0 Å². The van der Waals surface area contributed by atoms with E-state index < -0.39 is 0 Å². The number of halogens is 5. The molecule has 0 N–H and O–H groups in total. The first-order valence-corrected chi connectivity index (χ1v) is 4.02. The lowest BCUT2D eigenvalue weighted by Crippen LogP contribution is -1.73. The van der Waals surface area contributed by atoms with Gasteiger partial charge in [-0.25, -0.2) is 4.39 Å². The molecule has 0 atom stereocenters. The summed E-state index contributed by atoms with van der Waals surface area (Å²) in [6.45, 7) is 0. The molecule has 0 nitrogen and oxygen atoms in total. The number of rotatable bonds is 1. The molecule has 1 aromatic rings. The van der Waals surface area contributed by atoms with Gasteiger partial charge < -0.3 is 0 Å². The molecule has 0 bridgehead atoms. The topological polar surface area (TPSA) is 0 Å². The minimum Gasteiger partial charge on any atom is -0.269 e. The molecular formula is C6H7ClF4S. The summed E-state index contributed by atoms with van der Waals surface area (Å²) in [5, 5.41) is 0. The van der Waals surface area contributed by atoms with Crippen molar-refractivity contribution in [3.8, 4) is 0 Å². The van der Waals surface area contributed by atoms with Crippen molar-refractivity contribution in [1.82, 2.24) is 0 Å². The lowest BCUT2D eigenvalue weighted by Gasteiger charge is -1.92. The van der Waals surface area contributed by atoms with E-state index in [4.69, 9.17) is 10.7 Å². The van der Waals surface area contributed by atoms with E-state index in [-0.39, 0.29) is 19.9 Å². The lowest BCUT2D eigenvalue weighted by molar-refractivity contribution is 0.602. The third-order valence-corrected chi connectivity index (χ3v) is 1.92. The second kappa shape index (κ2) is 8.67. The Kier molecular flexibility index (Phi) is 12.7. The third-order valence-electron chi connectivity index (χ3n) is 0.920. The van der Waals surface area contributed by atoms with E-state index in [0.717, 1.165) is 11.0 Å². The van der Waals surface area contributed by atoms with Gasteiger partial charge in [0.15, 0.2) is 0 Å². The summed E-state index contributed by atoms with van der Waals surface area (Å²) in [4.78, 5) is 0.471. The van der Waals surface area contributed by atoms with Crippen LogP contribution in [0.2, 0.25) is 0 Å². The Bertz CT molecular complexity index is 208. The lowest BCUT2D eigenvalue weighted by atomic mass is 10.4. The Balaban J connectivity index is -0.000000270. The number of hydrogen-bond acceptors (Lipinski definition) is 1. The van der Waals surface area contributed by atoms with E-state index in [1.807, 2.05) is 0 Å². The zero-order chi connectivity index (χ0) is 6.69. The molecule has 0 aliphatic carbocycles. The van der Waals surface area contributed by atoms with Crippen molar-refractivity contribution in [3.05, 3.63) is 30.1 Å². The highest BCUT2D eigenvalue weighted by atomic mass is 35.7. The summed E-state index contributed by atoms with van der Waals surface area (Å²) in [6, 6.07) is 6.39. The predicted octanol–water partition coefficient (Wildman–Crippen LogP) is 3.53. The zero-order valence-electron chi connectivity index (χ0n) is 5.70. The van der Waals surface area contributed by atoms with E-state index in [1.165, 1.54) is 6.07 Å². The molecule has 0 aromatic heterocycles. The molecule has 72 valence electrons. The van der Waals surface area contributed by atoms with E-state index in [2.05, 4.69) is 0 Å². The highest BCUT2D eigenvalue weighted by Crippen LogP contribution is 2.23. The molecule has 6 heteroatoms. The van der Waals surface area contributed by atoms with Gasteiger partial charge in [0.1, 0.15) is 5.82 Å². The second-order valence-electron chi connectivity index (χ2n) is 1.51. The van der Waals surface area contributed by atoms with Crippen molar-refractivity contribution in [2.45, 2.75) is 4.90 Å². The van der Waals surface area contributed by atoms with Gasteiger partial charge in [-0.3, -0.25) is 14.1 Å². The predicted molar refractivity (Wildman–Crippen MR) is 45.6 cm³/mol. The largest absolute Gasteiger partial charge is 0.269 e. The number of benzene rings is 1. The van der Waals surface area contributed by atoms with Crippen LogP contribution in [0, 0.1) is 5.82 Å². The van der Waals surface area contributed by atoms with Gasteiger partial charge in [-0.2, -0.15) is 0 Å². The van der Waals surface area contributed by atoms with Gasteiger partial charge in [0, 0.05) is 0 Å². The maximum Gasteiger partial charge on any atom is 0.137 e. The molecule has 0 amide bonds. The fourth-order valence-corrected chi connectivity index (χ4v) is 1.15. The minimum absolute atomic E-state index is 0. The Labute approximate surface area is 75.7 Å². The monoisotopic (exact) mass is 222 g/mol. The van der Waals surface area contributed by atoms with Crippen molar-refractivity contribution >= 4 is 21.7 Å². The Morgan fingerprint density at radius 1 is 1.08 bits per heavy atom. The maximum atomic E-state index is 12.5. The molecule has 1 rings (SSSR count). The second-order valence-corrected chi connectivity index (χ2v) is 2.56. The molecule has 0 unspecified atom stereocenters. The summed E-state index contributed by atoms with van der Waals surface area (Å²) >= 11 is 0. The van der Waals surface area contributed by atoms with Crippen LogP contribution in [0.5, 0.6) is 0 Å². The SMILES string of the molecule is F.F.F.Fc1ccccc1SCl. The van der Waals surface area contributed by atoms with Crippen LogP contribution >= 0.6 is 21.7 Å². The van der Waals surface area contributed by atoms with Crippen molar-refractivity contribution in [2.75, 3.05) is 0 Å². The van der Waals surface area contributed by atoms with Crippen molar-refractivity contribution in [3.63, 3.8) is 0 Å². The van der Waals surface area contributed by atoms with Gasteiger partial charge in [-0.1, -0.05) is 12.1 Å². The molecule has 0 saturated carbocycles. The average Bonchev–Trinajstić information content (AvgIpc) is 1.89. The van der Waals surface area contributed by atoms with Crippen LogP contribution in [-0.4, -0.2) is 0 Å². The highest BCUT2D eigenvalue weighted by Gasteiger charge is 1.96. The fraction of sp³-hybridized carbons (Fsp3) is 0. The Morgan fingerprint density at radius 2 is 1.58 bits per heavy atom. The third kappa shape index (κ3) is 4.46. The Hall–Kier alpha value is -0.420. The highest BCUT2D eigenvalue weighted by molar-refractivity contribution is 8.21. The van der Waals surface area contributed by atoms with Gasteiger partial charge in [-0.15, -0.1) is 0 Å². The molecule has 12 heavy (non-hydrogen) atoms. The van der Waals surface area contributed by atoms with Crippen LogP contribution in [0.1, 0.15) is 0 Å². The normalized spacial score (nSPS) is 7.17. The standard InChI is InChI=1S/C6H4ClFS.3FH/c7-9-6-4-2-1-3-5(6)8;;;/h1-4H;3*1H. The van der Waals surface area contributed by atoms with E-state index in [9.17, 15) is 4.39 Å². The number of hydrogen-bond donors (Lipinski definition) is 0. The van der Waals surface area contributed by atoms with Crippen LogP contribution in [0.25, 0.3) is 0 Å². The maximum absolute atomic E-state index is 12.5. The zero-order valence-corrected chi connectivity index (χ0v) is 7.27. The summed E-state index contributed by atoms with van der Waals surface area (Å²) in [5.41, 5.74) is 0. The average molecular weight is 223 g/mol. The molecule has 1 aromatic carbocycles. The van der Waals surface area contributed by atoms with Crippen molar-refractivity contribution in [1.29, 1.82) is 0 Å². The first-order chi connectivity index (χ1) is 4.34. The summed E-state index contributed by atoms with van der Waals surface area (Å²) in [7, 11) is 6.20. The first kappa shape index (κ1) is 17.6. The van der Waals surface area contributed by atoms with Crippen molar-refractivity contribution in [2.24, 2.45) is 0 Å². The molecule has 0 spiro atoms. The van der Waals surface area contributed by atoms with Crippen LogP contribution in [0.15, 0.2) is 29.2 Å². The van der Waals surface area contributed by atoms with Gasteiger partial charge in [-0.05, 0) is 33.8 Å². The first-order valence-electron chi connectivity index (χ1n) is 2.37. The van der Waals surface area contributed by atoms with Crippen LogP contribution in [0.3, 0.4) is 0 Å². The molecule has 0 heterocycles. The summed E-state index contributed by atoms with van der Waals surface area (Å²) in [5.74, 6) is -0.266. The van der Waals surface area contributed by atoms with Crippen molar-refractivity contribution < 1.29 is 18.5 Å². The Morgan fingerprint density at radius 3 is 1.92 bits per heavy atom. The molecule has 0 fully saturated rings. The van der Waals surface area contributed by atoms with Gasteiger partial charge >= 0.3 is 0 Å². The quantitative estimate of drug-likeness (QED) is 0.655. The van der Waals surface area contributed by atoms with Gasteiger partial charge in [0.2, 0.25) is 0 Å². The van der Waals surface area contributed by atoms with Gasteiger partial charge in [0.25, 0.3) is 0 Å². The molecule has 0 saturated heterocycles. The van der Waals surface area contributed by atoms with E-state index in [1.54, 1.807) is 18.2 Å². The summed E-state index contributed by atoms with van der Waals surface area (Å²) in [6.07, 6.45) is 0. The fourth-order valence-electron chi connectivity index (χ4n) is 0.507. The molecular weight excluding hydrogens is 216 g/mol. The summed E-state index contributed by atoms with van der Waals surface area (Å²) < 4.78 is 12.5. The van der Waals surface area contributed by atoms with E-state index >= 15 is 0 Å². The molecule has 0 aliphatic rings. The van der Waals surface area contributed by atoms with E-state index in [0.29, 0.717) is 4.90 Å². The smallest absolute Gasteiger partial charge is 0.137 e. The molecule has 0 aliphatic heterocycles. The molecule has 0 radical (unpaired) electrons. The van der Waals surface area contributed by atoms with Gasteiger partial charge in [0.05, 0.1) is 4.90 Å². The van der Waals surface area contributed by atoms with Crippen LogP contribution in [0.4, 0.5) is 18.5 Å².